The largest absolute Gasteiger partial charge is 0.493 e. The van der Waals surface area contributed by atoms with Gasteiger partial charge in [-0.3, -0.25) is 9.36 Å². The molecule has 0 saturated heterocycles. The second-order valence-corrected chi connectivity index (χ2v) is 8.17. The molecule has 0 bridgehead atoms. The summed E-state index contributed by atoms with van der Waals surface area (Å²) in [7, 11) is 1.56. The molecule has 3 aromatic rings. The van der Waals surface area contributed by atoms with Crippen molar-refractivity contribution < 1.29 is 23.4 Å². The van der Waals surface area contributed by atoms with Crippen LogP contribution >= 0.6 is 11.3 Å². The minimum absolute atomic E-state index is 0.206. The molecule has 1 aliphatic rings. The number of carbonyl (C=O) groups excluding carboxylic acids is 1. The monoisotopic (exact) mass is 468 g/mol. The van der Waals surface area contributed by atoms with E-state index in [9.17, 15) is 9.59 Å². The molecule has 0 N–H and O–H groups in total. The Balaban J connectivity index is 1.97. The lowest BCUT2D eigenvalue weighted by Crippen LogP contribution is -2.39. The molecule has 9 heteroatoms. The fourth-order valence-corrected chi connectivity index (χ4v) is 4.77. The van der Waals surface area contributed by atoms with Gasteiger partial charge in [-0.15, -0.1) is 0 Å². The molecule has 1 atom stereocenters. The summed E-state index contributed by atoms with van der Waals surface area (Å²) in [6.45, 7) is 6.00. The summed E-state index contributed by atoms with van der Waals surface area (Å²) in [5, 5.41) is 0. The van der Waals surface area contributed by atoms with Gasteiger partial charge in [-0.25, -0.2) is 9.79 Å². The summed E-state index contributed by atoms with van der Waals surface area (Å²) in [5.41, 5.74) is 1.21. The third-order valence-corrected chi connectivity index (χ3v) is 6.12. The zero-order chi connectivity index (χ0) is 23.5. The second-order valence-electron chi connectivity index (χ2n) is 7.16. The first kappa shape index (κ1) is 22.6. The van der Waals surface area contributed by atoms with Gasteiger partial charge in [0.05, 0.1) is 48.4 Å². The Morgan fingerprint density at radius 1 is 1.24 bits per heavy atom. The van der Waals surface area contributed by atoms with Gasteiger partial charge in [0.15, 0.2) is 16.3 Å². The van der Waals surface area contributed by atoms with Crippen molar-refractivity contribution >= 4 is 23.4 Å². The van der Waals surface area contributed by atoms with Gasteiger partial charge in [-0.05, 0) is 50.6 Å². The SMILES string of the molecule is CCOC(=O)C1=C(C)N=c2s/c(=C\c3ccco3)c(=O)n2[C@@H]1c1ccc(OC)c(OCC)c1. The predicted molar refractivity (Wildman–Crippen MR) is 123 cm³/mol. The molecule has 0 fully saturated rings. The van der Waals surface area contributed by atoms with Crippen LogP contribution in [0, 0.1) is 0 Å². The average Bonchev–Trinajstić information content (AvgIpc) is 3.41. The molecule has 3 heterocycles. The molecule has 0 saturated carbocycles. The molecule has 0 amide bonds. The molecule has 0 unspecified atom stereocenters. The molecular formula is C24H24N2O6S. The zero-order valence-electron chi connectivity index (χ0n) is 18.8. The number of fused-ring (bicyclic) bond motifs is 1. The third kappa shape index (κ3) is 4.23. The molecule has 172 valence electrons. The molecule has 0 radical (unpaired) electrons. The highest BCUT2D eigenvalue weighted by atomic mass is 32.1. The van der Waals surface area contributed by atoms with E-state index >= 15 is 0 Å². The van der Waals surface area contributed by atoms with Crippen LogP contribution in [0.3, 0.4) is 0 Å². The lowest BCUT2D eigenvalue weighted by atomic mass is 9.95. The van der Waals surface area contributed by atoms with E-state index in [1.807, 2.05) is 13.0 Å². The number of benzene rings is 1. The van der Waals surface area contributed by atoms with Crippen LogP contribution in [-0.2, 0) is 9.53 Å². The van der Waals surface area contributed by atoms with Crippen molar-refractivity contribution in [2.75, 3.05) is 20.3 Å². The Labute approximate surface area is 194 Å². The van der Waals surface area contributed by atoms with E-state index in [1.165, 1.54) is 15.9 Å². The van der Waals surface area contributed by atoms with Gasteiger partial charge in [0.2, 0.25) is 0 Å². The standard InChI is InChI=1S/C24H24N2O6S/c1-5-30-18-12-15(9-10-17(18)29-4)21-20(23(28)31-6-2)14(3)25-24-26(21)22(27)19(33-24)13-16-8-7-11-32-16/h7-13,21H,5-6H2,1-4H3/b19-13-/t21-/m1/s1. The second kappa shape index (κ2) is 9.50. The molecule has 1 aliphatic heterocycles. The number of carbonyl (C=O) groups is 1. The molecule has 0 aliphatic carbocycles. The van der Waals surface area contributed by atoms with Gasteiger partial charge in [0.25, 0.3) is 5.56 Å². The highest BCUT2D eigenvalue weighted by Crippen LogP contribution is 2.36. The number of hydrogen-bond acceptors (Lipinski definition) is 8. The molecular weight excluding hydrogens is 444 g/mol. The number of aromatic nitrogens is 1. The first-order valence-corrected chi connectivity index (χ1v) is 11.3. The number of thiazole rings is 1. The minimum atomic E-state index is -0.732. The van der Waals surface area contributed by atoms with Crippen molar-refractivity contribution in [2.24, 2.45) is 4.99 Å². The van der Waals surface area contributed by atoms with Crippen LogP contribution in [0.15, 0.2) is 62.1 Å². The Morgan fingerprint density at radius 3 is 2.73 bits per heavy atom. The fraction of sp³-hybridized carbons (Fsp3) is 0.292. The summed E-state index contributed by atoms with van der Waals surface area (Å²) >= 11 is 1.24. The maximum absolute atomic E-state index is 13.5. The van der Waals surface area contributed by atoms with Crippen LogP contribution in [0.4, 0.5) is 0 Å². The lowest BCUT2D eigenvalue weighted by Gasteiger charge is -2.25. The topological polar surface area (TPSA) is 92.3 Å². The fourth-order valence-electron chi connectivity index (χ4n) is 3.74. The molecule has 8 nitrogen and oxygen atoms in total. The maximum Gasteiger partial charge on any atom is 0.338 e. The molecule has 2 aromatic heterocycles. The van der Waals surface area contributed by atoms with Crippen LogP contribution < -0.4 is 24.4 Å². The van der Waals surface area contributed by atoms with Gasteiger partial charge >= 0.3 is 5.97 Å². The van der Waals surface area contributed by atoms with Crippen molar-refractivity contribution in [1.82, 2.24) is 4.57 Å². The summed E-state index contributed by atoms with van der Waals surface area (Å²) in [5.74, 6) is 1.12. The van der Waals surface area contributed by atoms with E-state index in [0.717, 1.165) is 0 Å². The Bertz CT molecular complexity index is 1380. The van der Waals surface area contributed by atoms with Crippen molar-refractivity contribution in [1.29, 1.82) is 0 Å². The van der Waals surface area contributed by atoms with E-state index in [2.05, 4.69) is 4.99 Å². The smallest absolute Gasteiger partial charge is 0.338 e. The van der Waals surface area contributed by atoms with Gasteiger partial charge in [0.1, 0.15) is 5.76 Å². The molecule has 0 spiro atoms. The van der Waals surface area contributed by atoms with E-state index in [-0.39, 0.29) is 12.2 Å². The van der Waals surface area contributed by atoms with E-state index in [0.29, 0.717) is 50.0 Å². The summed E-state index contributed by atoms with van der Waals surface area (Å²) < 4.78 is 23.8. The van der Waals surface area contributed by atoms with Crippen LogP contribution in [-0.4, -0.2) is 30.9 Å². The molecule has 4 rings (SSSR count). The van der Waals surface area contributed by atoms with Crippen molar-refractivity contribution in [3.63, 3.8) is 0 Å². The third-order valence-electron chi connectivity index (χ3n) is 5.14. The van der Waals surface area contributed by atoms with Crippen molar-refractivity contribution in [2.45, 2.75) is 26.8 Å². The Hall–Kier alpha value is -3.59. The van der Waals surface area contributed by atoms with Crippen LogP contribution in [0.5, 0.6) is 11.5 Å². The molecule has 1 aromatic carbocycles. The first-order valence-electron chi connectivity index (χ1n) is 10.5. The number of furan rings is 1. The quantitative estimate of drug-likeness (QED) is 0.495. The predicted octanol–water partition coefficient (Wildman–Crippen LogP) is 2.80. The number of rotatable bonds is 7. The Kier molecular flexibility index (Phi) is 6.50. The van der Waals surface area contributed by atoms with Crippen molar-refractivity contribution in [3.8, 4) is 11.5 Å². The number of nitrogens with zero attached hydrogens (tertiary/aromatic N) is 2. The average molecular weight is 469 g/mol. The summed E-state index contributed by atoms with van der Waals surface area (Å²) in [6, 6.07) is 8.15. The number of ether oxygens (including phenoxy) is 3. The van der Waals surface area contributed by atoms with Gasteiger partial charge in [0, 0.05) is 6.08 Å². The maximum atomic E-state index is 13.5. The highest BCUT2D eigenvalue weighted by Gasteiger charge is 2.34. The van der Waals surface area contributed by atoms with Crippen LogP contribution in [0.2, 0.25) is 0 Å². The van der Waals surface area contributed by atoms with E-state index in [1.54, 1.807) is 57.6 Å². The number of esters is 1. The highest BCUT2D eigenvalue weighted by molar-refractivity contribution is 7.07. The number of allylic oxidation sites excluding steroid dienone is 1. The minimum Gasteiger partial charge on any atom is -0.493 e. The van der Waals surface area contributed by atoms with E-state index in [4.69, 9.17) is 18.6 Å². The van der Waals surface area contributed by atoms with Crippen LogP contribution in [0.1, 0.15) is 38.1 Å². The Morgan fingerprint density at radius 2 is 2.06 bits per heavy atom. The van der Waals surface area contributed by atoms with Gasteiger partial charge in [-0.2, -0.15) is 0 Å². The van der Waals surface area contributed by atoms with E-state index < -0.39 is 12.0 Å². The normalized spacial score (nSPS) is 15.8. The zero-order valence-corrected chi connectivity index (χ0v) is 19.6. The van der Waals surface area contributed by atoms with Gasteiger partial charge in [-0.1, -0.05) is 17.4 Å². The summed E-state index contributed by atoms with van der Waals surface area (Å²) in [6.07, 6.45) is 3.21. The summed E-state index contributed by atoms with van der Waals surface area (Å²) in [4.78, 5) is 31.5. The van der Waals surface area contributed by atoms with Crippen LogP contribution in [0.25, 0.3) is 6.08 Å². The first-order chi connectivity index (χ1) is 16.0. The molecule has 33 heavy (non-hydrogen) atoms. The lowest BCUT2D eigenvalue weighted by molar-refractivity contribution is -0.139. The number of hydrogen-bond donors (Lipinski definition) is 0. The number of methoxy groups -OCH3 is 1. The van der Waals surface area contributed by atoms with Crippen molar-refractivity contribution in [3.05, 3.63) is 78.9 Å². The van der Waals surface area contributed by atoms with Gasteiger partial charge < -0.3 is 18.6 Å².